The van der Waals surface area contributed by atoms with Gasteiger partial charge in [0.15, 0.2) is 0 Å². The summed E-state index contributed by atoms with van der Waals surface area (Å²) < 4.78 is 0. The lowest BCUT2D eigenvalue weighted by Gasteiger charge is -1.99. The third kappa shape index (κ3) is 4.74. The Labute approximate surface area is 140 Å². The molecule has 1 aromatic carbocycles. The van der Waals surface area contributed by atoms with E-state index in [-0.39, 0.29) is 0 Å². The molecule has 2 heterocycles. The van der Waals surface area contributed by atoms with Gasteiger partial charge >= 0.3 is 0 Å². The summed E-state index contributed by atoms with van der Waals surface area (Å²) in [6, 6.07) is 19.1. The first kappa shape index (κ1) is 15.4. The predicted molar refractivity (Wildman–Crippen MR) is 97.3 cm³/mol. The highest BCUT2D eigenvalue weighted by Crippen LogP contribution is 2.03. The van der Waals surface area contributed by atoms with E-state index in [2.05, 4.69) is 31.0 Å². The van der Waals surface area contributed by atoms with Gasteiger partial charge in [0.05, 0.1) is 12.4 Å². The van der Waals surface area contributed by atoms with Crippen LogP contribution in [-0.4, -0.2) is 22.4 Å². The van der Waals surface area contributed by atoms with E-state index < -0.39 is 0 Å². The van der Waals surface area contributed by atoms with E-state index in [0.29, 0.717) is 11.6 Å². The molecule has 2 aromatic heterocycles. The van der Waals surface area contributed by atoms with Crippen LogP contribution >= 0.6 is 0 Å². The number of nitrogens with zero attached hydrogens (tertiary/aromatic N) is 4. The van der Waals surface area contributed by atoms with Gasteiger partial charge in [0.1, 0.15) is 11.6 Å². The van der Waals surface area contributed by atoms with Gasteiger partial charge in [-0.1, -0.05) is 36.4 Å². The van der Waals surface area contributed by atoms with Crippen molar-refractivity contribution in [1.82, 2.24) is 9.97 Å². The smallest absolute Gasteiger partial charge is 0.146 e. The van der Waals surface area contributed by atoms with E-state index in [1.54, 1.807) is 24.8 Å². The summed E-state index contributed by atoms with van der Waals surface area (Å²) in [7, 11) is 0. The summed E-state index contributed by atoms with van der Waals surface area (Å²) in [4.78, 5) is 8.26. The van der Waals surface area contributed by atoms with Crippen molar-refractivity contribution >= 4 is 24.1 Å². The lowest BCUT2D eigenvalue weighted by Crippen LogP contribution is -1.94. The van der Waals surface area contributed by atoms with Crippen molar-refractivity contribution in [3.05, 3.63) is 84.2 Å². The zero-order chi connectivity index (χ0) is 16.5. The molecule has 0 aliphatic carbocycles. The second-order valence-electron chi connectivity index (χ2n) is 4.84. The number of nitrogens with one attached hydrogen (secondary N) is 2. The average Bonchev–Trinajstić information content (AvgIpc) is 2.65. The maximum Gasteiger partial charge on any atom is 0.146 e. The van der Waals surface area contributed by atoms with Crippen molar-refractivity contribution in [3.63, 3.8) is 0 Å². The molecular formula is C18H16N6. The van der Waals surface area contributed by atoms with Crippen LogP contribution < -0.4 is 10.9 Å². The summed E-state index contributed by atoms with van der Waals surface area (Å²) in [5.74, 6) is 1.41. The minimum atomic E-state index is 0.707. The topological polar surface area (TPSA) is 74.6 Å². The van der Waals surface area contributed by atoms with Crippen LogP contribution in [0.1, 0.15) is 11.1 Å². The molecule has 3 aromatic rings. The summed E-state index contributed by atoms with van der Waals surface area (Å²) in [5.41, 5.74) is 7.71. The lowest BCUT2D eigenvalue weighted by atomic mass is 10.2. The van der Waals surface area contributed by atoms with Gasteiger partial charge < -0.3 is 0 Å². The molecule has 0 aliphatic rings. The Morgan fingerprint density at radius 3 is 1.46 bits per heavy atom. The summed E-state index contributed by atoms with van der Waals surface area (Å²) in [6.07, 6.45) is 6.90. The summed E-state index contributed by atoms with van der Waals surface area (Å²) >= 11 is 0. The third-order valence-electron chi connectivity index (χ3n) is 3.05. The number of benzene rings is 1. The molecular weight excluding hydrogens is 300 g/mol. The number of anilines is 2. The maximum absolute atomic E-state index is 4.15. The summed E-state index contributed by atoms with van der Waals surface area (Å²) in [6.45, 7) is 0. The van der Waals surface area contributed by atoms with E-state index in [1.807, 2.05) is 60.7 Å². The molecule has 0 aliphatic heterocycles. The van der Waals surface area contributed by atoms with Crippen molar-refractivity contribution in [3.8, 4) is 0 Å². The predicted octanol–water partition coefficient (Wildman–Crippen LogP) is 3.37. The molecule has 6 nitrogen and oxygen atoms in total. The number of hydrogen-bond donors (Lipinski definition) is 2. The van der Waals surface area contributed by atoms with Gasteiger partial charge in [-0.15, -0.1) is 0 Å². The van der Waals surface area contributed by atoms with E-state index in [4.69, 9.17) is 0 Å². The van der Waals surface area contributed by atoms with Gasteiger partial charge in [0, 0.05) is 12.4 Å². The highest BCUT2D eigenvalue weighted by Gasteiger charge is 1.91. The first-order chi connectivity index (χ1) is 11.9. The normalized spacial score (nSPS) is 11.0. The number of aromatic nitrogens is 2. The Bertz CT molecular complexity index is 727. The number of hydrogen-bond acceptors (Lipinski definition) is 6. The molecule has 6 heteroatoms. The maximum atomic E-state index is 4.15. The van der Waals surface area contributed by atoms with Gasteiger partial charge in [-0.3, -0.25) is 10.9 Å². The van der Waals surface area contributed by atoms with E-state index in [0.717, 1.165) is 11.1 Å². The zero-order valence-electron chi connectivity index (χ0n) is 12.9. The highest BCUT2D eigenvalue weighted by molar-refractivity contribution is 5.84. The number of rotatable bonds is 6. The van der Waals surface area contributed by atoms with E-state index in [9.17, 15) is 0 Å². The molecule has 0 saturated carbocycles. The second-order valence-corrected chi connectivity index (χ2v) is 4.84. The van der Waals surface area contributed by atoms with Crippen LogP contribution in [0, 0.1) is 0 Å². The molecule has 118 valence electrons. The fourth-order valence-corrected chi connectivity index (χ4v) is 1.87. The SMILES string of the molecule is C(=NNc1ccccn1)c1ccc(C=NNc2ccccn2)cc1. The van der Waals surface area contributed by atoms with Crippen molar-refractivity contribution in [2.75, 3.05) is 10.9 Å². The standard InChI is InChI=1S/C18H16N6/c1-3-11-19-17(5-1)23-21-13-15-7-9-16(10-8-15)14-22-24-18-6-2-4-12-20-18/h1-14H,(H,19,23)(H,20,24). The van der Waals surface area contributed by atoms with Gasteiger partial charge in [-0.05, 0) is 35.4 Å². The molecule has 3 rings (SSSR count). The monoisotopic (exact) mass is 316 g/mol. The van der Waals surface area contributed by atoms with Crippen LogP contribution in [0.15, 0.2) is 83.3 Å². The molecule has 0 amide bonds. The quantitative estimate of drug-likeness (QED) is 0.540. The Balaban J connectivity index is 1.53. The Morgan fingerprint density at radius 1 is 0.625 bits per heavy atom. The van der Waals surface area contributed by atoms with E-state index in [1.165, 1.54) is 0 Å². The van der Waals surface area contributed by atoms with Crippen molar-refractivity contribution < 1.29 is 0 Å². The van der Waals surface area contributed by atoms with Gasteiger partial charge in [0.25, 0.3) is 0 Å². The largest absolute Gasteiger partial charge is 0.261 e. The van der Waals surface area contributed by atoms with Crippen LogP contribution in [0.3, 0.4) is 0 Å². The fraction of sp³-hybridized carbons (Fsp3) is 0. The number of hydrazone groups is 2. The van der Waals surface area contributed by atoms with E-state index >= 15 is 0 Å². The molecule has 0 saturated heterocycles. The second kappa shape index (κ2) is 8.19. The van der Waals surface area contributed by atoms with Crippen LogP contribution in [0.2, 0.25) is 0 Å². The molecule has 0 atom stereocenters. The Morgan fingerprint density at radius 2 is 1.08 bits per heavy atom. The third-order valence-corrected chi connectivity index (χ3v) is 3.05. The minimum absolute atomic E-state index is 0.707. The van der Waals surface area contributed by atoms with Crippen LogP contribution in [-0.2, 0) is 0 Å². The van der Waals surface area contributed by atoms with Crippen molar-refractivity contribution in [2.24, 2.45) is 10.2 Å². The van der Waals surface area contributed by atoms with Crippen LogP contribution in [0.5, 0.6) is 0 Å². The highest BCUT2D eigenvalue weighted by atomic mass is 15.3. The molecule has 2 N–H and O–H groups in total. The molecule has 24 heavy (non-hydrogen) atoms. The van der Waals surface area contributed by atoms with Gasteiger partial charge in [-0.2, -0.15) is 10.2 Å². The Hall–Kier alpha value is -3.54. The van der Waals surface area contributed by atoms with Crippen LogP contribution in [0.25, 0.3) is 0 Å². The first-order valence-electron chi connectivity index (χ1n) is 7.40. The fourth-order valence-electron chi connectivity index (χ4n) is 1.87. The van der Waals surface area contributed by atoms with Crippen molar-refractivity contribution in [2.45, 2.75) is 0 Å². The van der Waals surface area contributed by atoms with Crippen LogP contribution in [0.4, 0.5) is 11.6 Å². The molecule has 0 spiro atoms. The van der Waals surface area contributed by atoms with Gasteiger partial charge in [0.2, 0.25) is 0 Å². The summed E-state index contributed by atoms with van der Waals surface area (Å²) in [5, 5.41) is 8.30. The lowest BCUT2D eigenvalue weighted by molar-refractivity contribution is 1.23. The average molecular weight is 316 g/mol. The molecule has 0 unspecified atom stereocenters. The minimum Gasteiger partial charge on any atom is -0.261 e. The molecule has 0 radical (unpaired) electrons. The Kier molecular flexibility index (Phi) is 5.24. The van der Waals surface area contributed by atoms with Gasteiger partial charge in [-0.25, -0.2) is 9.97 Å². The molecule has 0 fully saturated rings. The first-order valence-corrected chi connectivity index (χ1v) is 7.40. The zero-order valence-corrected chi connectivity index (χ0v) is 12.9. The number of pyridine rings is 2. The molecule has 0 bridgehead atoms. The van der Waals surface area contributed by atoms with Crippen molar-refractivity contribution in [1.29, 1.82) is 0 Å².